The highest BCUT2D eigenvalue weighted by atomic mass is 19.1. The Morgan fingerprint density at radius 3 is 2.50 bits per heavy atom. The molecule has 3 rings (SSSR count). The fraction of sp³-hybridized carbons (Fsp3) is 0.571. The zero-order valence-electron chi connectivity index (χ0n) is 16.4. The molecule has 0 radical (unpaired) electrons. The zero-order valence-corrected chi connectivity index (χ0v) is 16.4. The van der Waals surface area contributed by atoms with Gasteiger partial charge in [-0.15, -0.1) is 0 Å². The summed E-state index contributed by atoms with van der Waals surface area (Å²) < 4.78 is 32.0. The molecule has 1 aliphatic rings. The number of hydrogen-bond donors (Lipinski definition) is 3. The molecule has 1 heterocycles. The van der Waals surface area contributed by atoms with Gasteiger partial charge in [-0.3, -0.25) is 0 Å². The summed E-state index contributed by atoms with van der Waals surface area (Å²) >= 11 is 0. The van der Waals surface area contributed by atoms with E-state index in [4.69, 9.17) is 10.3 Å². The van der Waals surface area contributed by atoms with Gasteiger partial charge in [0.2, 0.25) is 0 Å². The van der Waals surface area contributed by atoms with E-state index in [1.54, 1.807) is 0 Å². The van der Waals surface area contributed by atoms with Crippen LogP contribution >= 0.6 is 0 Å². The van der Waals surface area contributed by atoms with Gasteiger partial charge in [-0.1, -0.05) is 19.0 Å². The molecular formula is C21H29F2N3O2. The highest BCUT2D eigenvalue weighted by molar-refractivity contribution is 5.22. The molecule has 2 atom stereocenters. The third-order valence-corrected chi connectivity index (χ3v) is 5.23. The molecule has 0 saturated heterocycles. The summed E-state index contributed by atoms with van der Waals surface area (Å²) in [6.07, 6.45) is 2.78. The van der Waals surface area contributed by atoms with Gasteiger partial charge in [0.15, 0.2) is 5.76 Å². The van der Waals surface area contributed by atoms with E-state index in [1.165, 1.54) is 12.1 Å². The van der Waals surface area contributed by atoms with Crippen molar-refractivity contribution in [3.63, 3.8) is 0 Å². The molecule has 2 aromatic rings. The highest BCUT2D eigenvalue weighted by Crippen LogP contribution is 2.45. The van der Waals surface area contributed by atoms with Crippen molar-refractivity contribution in [2.24, 2.45) is 11.7 Å². The van der Waals surface area contributed by atoms with Gasteiger partial charge in [0.25, 0.3) is 0 Å². The molecule has 4 N–H and O–H groups in total. The molecular weight excluding hydrogens is 364 g/mol. The number of hydrogen-bond acceptors (Lipinski definition) is 5. The normalized spacial score (nSPS) is 17.7. The summed E-state index contributed by atoms with van der Waals surface area (Å²) in [6.45, 7) is 4.59. The van der Waals surface area contributed by atoms with E-state index < -0.39 is 23.8 Å². The maximum Gasteiger partial charge on any atom is 0.157 e. The Balaban J connectivity index is 1.49. The largest absolute Gasteiger partial charge is 0.390 e. The van der Waals surface area contributed by atoms with Crippen LogP contribution in [0.4, 0.5) is 8.78 Å². The quantitative estimate of drug-likeness (QED) is 0.578. The number of aryl methyl sites for hydroxylation is 1. The molecule has 0 amide bonds. The molecule has 7 heteroatoms. The average Bonchev–Trinajstić information content (AvgIpc) is 3.27. The fourth-order valence-electron chi connectivity index (χ4n) is 3.42. The number of nitrogens with one attached hydrogen (secondary N) is 1. The van der Waals surface area contributed by atoms with E-state index in [0.29, 0.717) is 30.9 Å². The highest BCUT2D eigenvalue weighted by Gasteiger charge is 2.47. The summed E-state index contributed by atoms with van der Waals surface area (Å²) in [5.41, 5.74) is 7.28. The minimum absolute atomic E-state index is 0.269. The molecule has 1 saturated carbocycles. The molecule has 1 aromatic carbocycles. The number of aliphatic hydroxyl groups is 1. The third kappa shape index (κ3) is 5.37. The molecule has 1 aromatic heterocycles. The molecule has 1 aliphatic carbocycles. The van der Waals surface area contributed by atoms with Crippen molar-refractivity contribution >= 4 is 0 Å². The van der Waals surface area contributed by atoms with Crippen molar-refractivity contribution in [2.45, 2.75) is 63.6 Å². The van der Waals surface area contributed by atoms with Crippen molar-refractivity contribution in [3.05, 3.63) is 52.9 Å². The summed E-state index contributed by atoms with van der Waals surface area (Å²) in [5, 5.41) is 17.9. The van der Waals surface area contributed by atoms with Crippen LogP contribution in [-0.4, -0.2) is 29.0 Å². The molecule has 5 nitrogen and oxygen atoms in total. The molecule has 154 valence electrons. The van der Waals surface area contributed by atoms with Crippen molar-refractivity contribution in [1.82, 2.24) is 10.5 Å². The minimum Gasteiger partial charge on any atom is -0.390 e. The Morgan fingerprint density at radius 1 is 1.21 bits per heavy atom. The monoisotopic (exact) mass is 393 g/mol. The first-order valence-electron chi connectivity index (χ1n) is 9.87. The average molecular weight is 393 g/mol. The number of benzene rings is 1. The maximum absolute atomic E-state index is 13.3. The first-order chi connectivity index (χ1) is 13.3. The fourth-order valence-corrected chi connectivity index (χ4v) is 3.42. The van der Waals surface area contributed by atoms with E-state index >= 15 is 0 Å². The van der Waals surface area contributed by atoms with Crippen molar-refractivity contribution in [3.8, 4) is 0 Å². The van der Waals surface area contributed by atoms with E-state index in [-0.39, 0.29) is 5.54 Å². The number of aromatic nitrogens is 1. The summed E-state index contributed by atoms with van der Waals surface area (Å²) in [7, 11) is 0. The Hall–Kier alpha value is -1.83. The standard InChI is InChI=1S/C21H29F2N3O2/c1-13(2)7-17-11-20(28-26-17)21(5-6-21)25-12-19(27)18(24)4-3-14-8-15(22)10-16(23)9-14/h8-11,13,18-19,25,27H,3-7,12,24H2,1-2H3/t18-,19+/m0/s1. The van der Waals surface area contributed by atoms with E-state index in [0.717, 1.165) is 36.8 Å². The van der Waals surface area contributed by atoms with Crippen LogP contribution in [0, 0.1) is 17.6 Å². The Bertz CT molecular complexity index is 769. The third-order valence-electron chi connectivity index (χ3n) is 5.23. The van der Waals surface area contributed by atoms with Crippen molar-refractivity contribution in [1.29, 1.82) is 0 Å². The molecule has 0 bridgehead atoms. The van der Waals surface area contributed by atoms with Gasteiger partial charge < -0.3 is 20.7 Å². The molecule has 28 heavy (non-hydrogen) atoms. The van der Waals surface area contributed by atoms with Gasteiger partial charge >= 0.3 is 0 Å². The van der Waals surface area contributed by atoms with Gasteiger partial charge in [-0.25, -0.2) is 8.78 Å². The van der Waals surface area contributed by atoms with E-state index in [9.17, 15) is 13.9 Å². The number of nitrogens with zero attached hydrogens (tertiary/aromatic N) is 1. The Morgan fingerprint density at radius 2 is 1.89 bits per heavy atom. The van der Waals surface area contributed by atoms with Gasteiger partial charge in [0.05, 0.1) is 17.3 Å². The van der Waals surface area contributed by atoms with Crippen LogP contribution in [0.1, 0.15) is 50.1 Å². The van der Waals surface area contributed by atoms with E-state index in [1.807, 2.05) is 6.07 Å². The van der Waals surface area contributed by atoms with Gasteiger partial charge in [-0.2, -0.15) is 0 Å². The molecule has 1 fully saturated rings. The molecule has 0 aliphatic heterocycles. The van der Waals surface area contributed by atoms with Crippen LogP contribution < -0.4 is 11.1 Å². The lowest BCUT2D eigenvalue weighted by Gasteiger charge is -2.22. The molecule has 0 spiro atoms. The van der Waals surface area contributed by atoms with Crippen LogP contribution in [0.15, 0.2) is 28.8 Å². The second-order valence-electron chi connectivity index (χ2n) is 8.29. The van der Waals surface area contributed by atoms with Crippen LogP contribution in [0.2, 0.25) is 0 Å². The predicted octanol–water partition coefficient (Wildman–Crippen LogP) is 3.05. The van der Waals surface area contributed by atoms with Gasteiger partial charge in [0.1, 0.15) is 11.6 Å². The topological polar surface area (TPSA) is 84.3 Å². The number of halogens is 2. The first-order valence-corrected chi connectivity index (χ1v) is 9.87. The lowest BCUT2D eigenvalue weighted by Crippen LogP contribution is -2.44. The Kier molecular flexibility index (Phi) is 6.47. The van der Waals surface area contributed by atoms with Crippen LogP contribution in [0.25, 0.3) is 0 Å². The number of aliphatic hydroxyl groups excluding tert-OH is 1. The minimum atomic E-state index is -0.770. The second kappa shape index (κ2) is 8.68. The summed E-state index contributed by atoms with van der Waals surface area (Å²) in [6, 6.07) is 4.91. The second-order valence-corrected chi connectivity index (χ2v) is 8.29. The Labute approximate surface area is 164 Å². The first kappa shape index (κ1) is 20.9. The molecule has 0 unspecified atom stereocenters. The lowest BCUT2D eigenvalue weighted by atomic mass is 10.0. The summed E-state index contributed by atoms with van der Waals surface area (Å²) in [5.74, 6) is 0.0994. The maximum atomic E-state index is 13.3. The number of nitrogens with two attached hydrogens (primary N) is 1. The van der Waals surface area contributed by atoms with E-state index in [2.05, 4.69) is 24.3 Å². The SMILES string of the molecule is CC(C)Cc1cc(C2(NC[C@@H](O)[C@@H](N)CCc3cc(F)cc(F)c3)CC2)on1. The number of rotatable bonds is 10. The van der Waals surface area contributed by atoms with Crippen molar-refractivity contribution in [2.75, 3.05) is 6.54 Å². The van der Waals surface area contributed by atoms with Crippen LogP contribution in [0.3, 0.4) is 0 Å². The predicted molar refractivity (Wildman–Crippen MR) is 103 cm³/mol. The van der Waals surface area contributed by atoms with Gasteiger partial charge in [-0.05, 0) is 55.7 Å². The van der Waals surface area contributed by atoms with Gasteiger partial charge in [0, 0.05) is 24.7 Å². The van der Waals surface area contributed by atoms with Crippen LogP contribution in [0.5, 0.6) is 0 Å². The van der Waals surface area contributed by atoms with Crippen LogP contribution in [-0.2, 0) is 18.4 Å². The zero-order chi connectivity index (χ0) is 20.3. The summed E-state index contributed by atoms with van der Waals surface area (Å²) in [4.78, 5) is 0. The smallest absolute Gasteiger partial charge is 0.157 e. The van der Waals surface area contributed by atoms with Crippen molar-refractivity contribution < 1.29 is 18.4 Å². The lowest BCUT2D eigenvalue weighted by molar-refractivity contribution is 0.130.